The summed E-state index contributed by atoms with van der Waals surface area (Å²) >= 11 is 2.14. The van der Waals surface area contributed by atoms with Crippen molar-refractivity contribution >= 4 is 28.9 Å². The van der Waals surface area contributed by atoms with Gasteiger partial charge in [0.2, 0.25) is 0 Å². The van der Waals surface area contributed by atoms with Gasteiger partial charge in [0.1, 0.15) is 23.0 Å². The van der Waals surface area contributed by atoms with Crippen LogP contribution in [-0.4, -0.2) is 20.5 Å². The van der Waals surface area contributed by atoms with E-state index < -0.39 is 0 Å². The summed E-state index contributed by atoms with van der Waals surface area (Å²) in [4.78, 5) is 11.6. The lowest BCUT2D eigenvalue weighted by Gasteiger charge is -2.02. The second kappa shape index (κ2) is 7.09. The van der Waals surface area contributed by atoms with Gasteiger partial charge in [-0.25, -0.2) is 0 Å². The molecule has 0 aliphatic carbocycles. The highest BCUT2D eigenvalue weighted by Gasteiger charge is 2.20. The molecule has 3 rings (SSSR count). The van der Waals surface area contributed by atoms with Gasteiger partial charge in [-0.05, 0) is 71.1 Å². The van der Waals surface area contributed by atoms with E-state index in [0.717, 1.165) is 32.5 Å². The van der Waals surface area contributed by atoms with E-state index in [-0.39, 0.29) is 0 Å². The summed E-state index contributed by atoms with van der Waals surface area (Å²) in [5, 5.41) is 0. The first-order valence-corrected chi connectivity index (χ1v) is 8.32. The van der Waals surface area contributed by atoms with Gasteiger partial charge in [-0.2, -0.15) is 0 Å². The van der Waals surface area contributed by atoms with Gasteiger partial charge in [0.05, 0.1) is 23.4 Å². The van der Waals surface area contributed by atoms with Crippen molar-refractivity contribution in [1.82, 2.24) is 0 Å². The number of furan rings is 1. The number of ether oxygens (including phenoxy) is 2. The van der Waals surface area contributed by atoms with Crippen LogP contribution in [-0.2, 0) is 0 Å². The molecule has 0 atom stereocenters. The number of carbonyl (C=O) groups is 1. The molecule has 4 nitrogen and oxygen atoms in total. The van der Waals surface area contributed by atoms with Crippen LogP contribution in [0.1, 0.15) is 10.4 Å². The zero-order valence-electron chi connectivity index (χ0n) is 13.2. The Hall–Kier alpha value is -2.28. The molecule has 0 amide bonds. The molecule has 1 heterocycles. The highest BCUT2D eigenvalue weighted by atomic mass is 127. The first-order chi connectivity index (χ1) is 11.7. The van der Waals surface area contributed by atoms with Crippen molar-refractivity contribution in [3.63, 3.8) is 0 Å². The van der Waals surface area contributed by atoms with Gasteiger partial charge in [-0.3, -0.25) is 4.79 Å². The maximum atomic E-state index is 11.6. The lowest BCUT2D eigenvalue weighted by Crippen LogP contribution is -1.86. The average Bonchev–Trinajstić information content (AvgIpc) is 2.98. The lowest BCUT2D eigenvalue weighted by molar-refractivity contribution is 0.112. The zero-order chi connectivity index (χ0) is 17.1. The van der Waals surface area contributed by atoms with Gasteiger partial charge in [0, 0.05) is 11.1 Å². The maximum absolute atomic E-state index is 11.6. The Morgan fingerprint density at radius 3 is 1.71 bits per heavy atom. The molecule has 0 spiro atoms. The van der Waals surface area contributed by atoms with Gasteiger partial charge < -0.3 is 13.9 Å². The number of hydrogen-bond acceptors (Lipinski definition) is 4. The fourth-order valence-electron chi connectivity index (χ4n) is 2.41. The van der Waals surface area contributed by atoms with Crippen molar-refractivity contribution in [2.24, 2.45) is 0 Å². The molecular formula is C19H15IO4. The number of halogens is 1. The number of hydrogen-bond donors (Lipinski definition) is 0. The molecule has 1 aromatic heterocycles. The summed E-state index contributed by atoms with van der Waals surface area (Å²) in [6.45, 7) is 0. The molecule has 0 N–H and O–H groups in total. The summed E-state index contributed by atoms with van der Waals surface area (Å²) in [6.07, 6.45) is 0.831. The molecular weight excluding hydrogens is 419 g/mol. The van der Waals surface area contributed by atoms with Crippen LogP contribution in [0.15, 0.2) is 52.9 Å². The molecule has 0 aliphatic heterocycles. The van der Waals surface area contributed by atoms with Crippen molar-refractivity contribution in [2.75, 3.05) is 14.2 Å². The minimum Gasteiger partial charge on any atom is -0.497 e. The van der Waals surface area contributed by atoms with E-state index in [4.69, 9.17) is 13.9 Å². The fourth-order valence-corrected chi connectivity index (χ4v) is 3.21. The van der Waals surface area contributed by atoms with E-state index in [1.54, 1.807) is 14.2 Å². The van der Waals surface area contributed by atoms with Gasteiger partial charge in [-0.1, -0.05) is 0 Å². The van der Waals surface area contributed by atoms with Crippen LogP contribution in [0.4, 0.5) is 0 Å². The number of carbonyl (C=O) groups excluding carboxylic acids is 1. The highest BCUT2D eigenvalue weighted by Crippen LogP contribution is 2.38. The Labute approximate surface area is 153 Å². The van der Waals surface area contributed by atoms with Crippen molar-refractivity contribution < 1.29 is 18.7 Å². The third kappa shape index (κ3) is 3.03. The zero-order valence-corrected chi connectivity index (χ0v) is 15.4. The summed E-state index contributed by atoms with van der Waals surface area (Å²) in [7, 11) is 3.24. The molecule has 2 aromatic carbocycles. The van der Waals surface area contributed by atoms with Gasteiger partial charge in [0.25, 0.3) is 0 Å². The van der Waals surface area contributed by atoms with Crippen molar-refractivity contribution in [2.45, 2.75) is 0 Å². The molecule has 0 unspecified atom stereocenters. The van der Waals surface area contributed by atoms with Gasteiger partial charge >= 0.3 is 0 Å². The smallest absolute Gasteiger partial charge is 0.155 e. The minimum absolute atomic E-state index is 0.548. The normalized spacial score (nSPS) is 10.5. The summed E-state index contributed by atoms with van der Waals surface area (Å²) in [6, 6.07) is 15.0. The van der Waals surface area contributed by atoms with Crippen LogP contribution in [0, 0.1) is 3.57 Å². The summed E-state index contributed by atoms with van der Waals surface area (Å²) < 4.78 is 17.2. The molecule has 0 aliphatic rings. The molecule has 0 saturated heterocycles. The van der Waals surface area contributed by atoms with E-state index in [9.17, 15) is 4.79 Å². The summed E-state index contributed by atoms with van der Waals surface area (Å²) in [5.41, 5.74) is 2.27. The van der Waals surface area contributed by atoms with Crippen LogP contribution in [0.3, 0.4) is 0 Å². The molecule has 122 valence electrons. The SMILES string of the molecule is COc1ccc(-c2oc(-c3ccc(OC)cc3)c(C=O)c2I)cc1. The molecule has 0 saturated carbocycles. The van der Waals surface area contributed by atoms with E-state index in [0.29, 0.717) is 17.1 Å². The second-order valence-corrected chi connectivity index (χ2v) is 6.14. The molecule has 5 heteroatoms. The largest absolute Gasteiger partial charge is 0.497 e. The van der Waals surface area contributed by atoms with E-state index in [1.807, 2.05) is 48.5 Å². The van der Waals surface area contributed by atoms with Crippen LogP contribution in [0.25, 0.3) is 22.6 Å². The molecule has 0 fully saturated rings. The molecule has 24 heavy (non-hydrogen) atoms. The van der Waals surface area contributed by atoms with Crippen LogP contribution < -0.4 is 9.47 Å². The summed E-state index contributed by atoms with van der Waals surface area (Å²) in [5.74, 6) is 2.75. The Morgan fingerprint density at radius 1 is 0.833 bits per heavy atom. The highest BCUT2D eigenvalue weighted by molar-refractivity contribution is 14.1. The lowest BCUT2D eigenvalue weighted by atomic mass is 10.1. The number of benzene rings is 2. The molecule has 3 aromatic rings. The van der Waals surface area contributed by atoms with Crippen LogP contribution in [0.5, 0.6) is 11.5 Å². The molecule has 0 bridgehead atoms. The average molecular weight is 434 g/mol. The molecule has 0 radical (unpaired) electrons. The van der Waals surface area contributed by atoms with Gasteiger partial charge in [-0.15, -0.1) is 0 Å². The first-order valence-electron chi connectivity index (χ1n) is 7.24. The van der Waals surface area contributed by atoms with Crippen molar-refractivity contribution in [1.29, 1.82) is 0 Å². The Balaban J connectivity index is 2.08. The van der Waals surface area contributed by atoms with E-state index >= 15 is 0 Å². The topological polar surface area (TPSA) is 48.7 Å². The number of aldehydes is 1. The minimum atomic E-state index is 0.548. The van der Waals surface area contributed by atoms with E-state index in [1.165, 1.54) is 0 Å². The number of rotatable bonds is 5. The second-order valence-electron chi connectivity index (χ2n) is 5.06. The Kier molecular flexibility index (Phi) is 4.89. The Bertz CT molecular complexity index is 848. The van der Waals surface area contributed by atoms with Crippen LogP contribution in [0.2, 0.25) is 0 Å². The van der Waals surface area contributed by atoms with Crippen molar-refractivity contribution in [3.05, 3.63) is 57.7 Å². The third-order valence-corrected chi connectivity index (χ3v) is 4.78. The number of methoxy groups -OCH3 is 2. The van der Waals surface area contributed by atoms with Crippen molar-refractivity contribution in [3.8, 4) is 34.1 Å². The standard InChI is InChI=1S/C19H15IO4/c1-22-14-7-3-12(4-8-14)18-16(11-21)17(20)19(24-18)13-5-9-15(23-2)10-6-13/h3-11H,1-2H3. The fraction of sp³-hybridized carbons (Fsp3) is 0.105. The monoisotopic (exact) mass is 434 g/mol. The van der Waals surface area contributed by atoms with E-state index in [2.05, 4.69) is 22.6 Å². The third-order valence-electron chi connectivity index (χ3n) is 3.71. The van der Waals surface area contributed by atoms with Gasteiger partial charge in [0.15, 0.2) is 6.29 Å². The predicted molar refractivity (Wildman–Crippen MR) is 101 cm³/mol. The maximum Gasteiger partial charge on any atom is 0.155 e. The first kappa shape index (κ1) is 16.6. The predicted octanol–water partition coefficient (Wildman–Crippen LogP) is 5.05. The Morgan fingerprint density at radius 2 is 1.29 bits per heavy atom. The quantitative estimate of drug-likeness (QED) is 0.417. The van der Waals surface area contributed by atoms with Crippen LogP contribution >= 0.6 is 22.6 Å².